The Morgan fingerprint density at radius 2 is 1.10 bits per heavy atom. The predicted octanol–water partition coefficient (Wildman–Crippen LogP) is 9.63. The van der Waals surface area contributed by atoms with Gasteiger partial charge in [-0.15, -0.1) is 0 Å². The molecule has 3 heterocycles. The van der Waals surface area contributed by atoms with Crippen LogP contribution in [0.5, 0.6) is 17.2 Å². The fourth-order valence-electron chi connectivity index (χ4n) is 3.62. The first kappa shape index (κ1) is 31.1. The average Bonchev–Trinajstić information content (AvgIpc) is 2.94. The quantitative estimate of drug-likeness (QED) is 0.108. The molecule has 6 aromatic rings. The summed E-state index contributed by atoms with van der Waals surface area (Å²) in [4.78, 5) is 7.93. The van der Waals surface area contributed by atoms with Crippen molar-refractivity contribution in [2.45, 2.75) is 0 Å². The summed E-state index contributed by atoms with van der Waals surface area (Å²) in [6, 6.07) is 12.7. The third-order valence-corrected chi connectivity index (χ3v) is 7.51. The van der Waals surface area contributed by atoms with Gasteiger partial charge in [-0.3, -0.25) is 9.97 Å². The summed E-state index contributed by atoms with van der Waals surface area (Å²) >= 11 is 40.5. The van der Waals surface area contributed by atoms with Crippen LogP contribution < -0.4 is 4.73 Å². The summed E-state index contributed by atoms with van der Waals surface area (Å²) in [5.74, 6) is -0.355. The highest BCUT2D eigenvalue weighted by Crippen LogP contribution is 2.38. The molecule has 14 heteroatoms. The van der Waals surface area contributed by atoms with Crippen molar-refractivity contribution in [3.63, 3.8) is 0 Å². The molecule has 0 aliphatic rings. The zero-order valence-electron chi connectivity index (χ0n) is 20.1. The number of fused-ring (bicyclic) bond motifs is 3. The molecule has 0 saturated heterocycles. The number of benzene rings is 3. The van der Waals surface area contributed by atoms with Crippen LogP contribution in [0.4, 0.5) is 0 Å². The fraction of sp³-hybridized carbons (Fsp3) is 0. The lowest BCUT2D eigenvalue weighted by Gasteiger charge is -2.05. The second-order valence-corrected chi connectivity index (χ2v) is 11.0. The number of nitrogens with zero attached hydrogens (tertiary/aromatic N) is 3. The third-order valence-electron chi connectivity index (χ3n) is 5.51. The van der Waals surface area contributed by atoms with Crippen LogP contribution in [0.25, 0.3) is 32.7 Å². The largest absolute Gasteiger partial charge is 0.618 e. The van der Waals surface area contributed by atoms with Crippen molar-refractivity contribution < 1.29 is 20.0 Å². The molecule has 3 aromatic carbocycles. The SMILES string of the molecule is Oc1c(Cl)cc(Cl)c2cc(Cl)cnc12.Oc1c(Cl)cc(Cl)c2cccnc12.[O-][n+]1cccc2c(Cl)cc(Cl)c(O)c21. The lowest BCUT2D eigenvalue weighted by atomic mass is 10.2. The van der Waals surface area contributed by atoms with Gasteiger partial charge in [-0.05, 0) is 42.5 Å². The van der Waals surface area contributed by atoms with E-state index < -0.39 is 0 Å². The molecular weight excluding hydrogens is 678 g/mol. The maximum atomic E-state index is 11.3. The standard InChI is InChI=1S/C9H4Cl3NO.C9H5Cl2NO2.C9H5Cl2NO/c10-4-1-5-6(11)2-7(12)9(14)8(5)13-3-4;10-6-4-7(11)9(13)8-5(6)2-1-3-12(8)14;10-6-4-7(11)9(13)8-5(6)2-1-3-12-8/h1-3,14H;1-4,13H;1-4,13H. The monoisotopic (exact) mass is 689 g/mol. The second kappa shape index (κ2) is 13.0. The van der Waals surface area contributed by atoms with Crippen LogP contribution in [-0.4, -0.2) is 25.3 Å². The Labute approximate surface area is 267 Å². The number of phenols is 3. The van der Waals surface area contributed by atoms with Crippen LogP contribution in [0.15, 0.2) is 67.1 Å². The van der Waals surface area contributed by atoms with Gasteiger partial charge in [0.1, 0.15) is 11.0 Å². The van der Waals surface area contributed by atoms with Crippen molar-refractivity contribution in [1.29, 1.82) is 0 Å². The summed E-state index contributed by atoms with van der Waals surface area (Å²) in [5, 5.41) is 43.9. The van der Waals surface area contributed by atoms with Gasteiger partial charge in [0.2, 0.25) is 5.75 Å². The Bertz CT molecular complexity index is 1930. The van der Waals surface area contributed by atoms with Gasteiger partial charge >= 0.3 is 0 Å². The van der Waals surface area contributed by atoms with E-state index in [0.717, 1.165) is 0 Å². The van der Waals surface area contributed by atoms with Gasteiger partial charge in [-0.1, -0.05) is 81.2 Å². The predicted molar refractivity (Wildman–Crippen MR) is 166 cm³/mol. The Morgan fingerprint density at radius 3 is 1.73 bits per heavy atom. The maximum absolute atomic E-state index is 11.3. The normalized spacial score (nSPS) is 10.7. The van der Waals surface area contributed by atoms with E-state index in [1.807, 2.05) is 0 Å². The lowest BCUT2D eigenvalue weighted by molar-refractivity contribution is -0.577. The maximum Gasteiger partial charge on any atom is 0.269 e. The highest BCUT2D eigenvalue weighted by Gasteiger charge is 2.16. The Kier molecular flexibility index (Phi) is 9.82. The molecular formula is C27H14Cl7N3O4. The zero-order chi connectivity index (χ0) is 30.0. The Morgan fingerprint density at radius 1 is 0.585 bits per heavy atom. The first-order chi connectivity index (χ1) is 19.4. The van der Waals surface area contributed by atoms with Crippen LogP contribution in [0, 0.1) is 5.21 Å². The number of hydrogen-bond donors (Lipinski definition) is 3. The minimum atomic E-state index is -0.248. The van der Waals surface area contributed by atoms with E-state index in [0.29, 0.717) is 52.0 Å². The first-order valence-corrected chi connectivity index (χ1v) is 13.8. The van der Waals surface area contributed by atoms with E-state index in [-0.39, 0.29) is 37.8 Å². The zero-order valence-corrected chi connectivity index (χ0v) is 25.4. The van der Waals surface area contributed by atoms with Gasteiger partial charge in [-0.25, -0.2) is 0 Å². The Hall–Kier alpha value is -2.88. The minimum absolute atomic E-state index is 0.0262. The van der Waals surface area contributed by atoms with Gasteiger partial charge in [-0.2, -0.15) is 4.73 Å². The molecule has 0 amide bonds. The molecule has 0 bridgehead atoms. The number of rotatable bonds is 0. The number of hydrogen-bond acceptors (Lipinski definition) is 6. The molecule has 0 spiro atoms. The number of halogens is 7. The van der Waals surface area contributed by atoms with E-state index in [2.05, 4.69) is 9.97 Å². The summed E-state index contributed by atoms with van der Waals surface area (Å²) < 4.78 is 0.530. The molecule has 0 radical (unpaired) electrons. The minimum Gasteiger partial charge on any atom is -0.618 e. The number of pyridine rings is 3. The fourth-order valence-corrected chi connectivity index (χ4v) is 5.32. The van der Waals surface area contributed by atoms with E-state index in [4.69, 9.17) is 81.2 Å². The number of aromatic nitrogens is 3. The van der Waals surface area contributed by atoms with E-state index in [9.17, 15) is 20.5 Å². The van der Waals surface area contributed by atoms with Gasteiger partial charge < -0.3 is 20.5 Å². The highest BCUT2D eigenvalue weighted by atomic mass is 35.5. The third kappa shape index (κ3) is 6.63. The number of phenolic OH excluding ortho intramolecular Hbond substituents is 3. The van der Waals surface area contributed by atoms with Crippen molar-refractivity contribution in [3.05, 3.63) is 107 Å². The lowest BCUT2D eigenvalue weighted by Crippen LogP contribution is -2.25. The van der Waals surface area contributed by atoms with Crippen molar-refractivity contribution in [1.82, 2.24) is 9.97 Å². The molecule has 41 heavy (non-hydrogen) atoms. The molecule has 0 aliphatic heterocycles. The first-order valence-electron chi connectivity index (χ1n) is 11.1. The summed E-state index contributed by atoms with van der Waals surface area (Å²) in [6.45, 7) is 0. The molecule has 0 fully saturated rings. The van der Waals surface area contributed by atoms with Crippen LogP contribution in [0.3, 0.4) is 0 Å². The molecule has 0 saturated carbocycles. The van der Waals surface area contributed by atoms with Gasteiger partial charge in [0, 0.05) is 29.2 Å². The van der Waals surface area contributed by atoms with E-state index in [1.54, 1.807) is 36.5 Å². The molecule has 7 nitrogen and oxygen atoms in total. The van der Waals surface area contributed by atoms with Crippen LogP contribution in [0.2, 0.25) is 35.2 Å². The molecule has 0 aliphatic carbocycles. The van der Waals surface area contributed by atoms with E-state index >= 15 is 0 Å². The molecule has 3 N–H and O–H groups in total. The molecule has 210 valence electrons. The van der Waals surface area contributed by atoms with Crippen molar-refractivity contribution >= 4 is 114 Å². The highest BCUT2D eigenvalue weighted by molar-refractivity contribution is 6.41. The van der Waals surface area contributed by atoms with Crippen molar-refractivity contribution in [2.24, 2.45) is 0 Å². The van der Waals surface area contributed by atoms with Crippen LogP contribution in [0.1, 0.15) is 0 Å². The van der Waals surface area contributed by atoms with Crippen molar-refractivity contribution in [2.75, 3.05) is 0 Å². The van der Waals surface area contributed by atoms with Gasteiger partial charge in [0.15, 0.2) is 17.7 Å². The van der Waals surface area contributed by atoms with Gasteiger partial charge in [0.05, 0.1) is 40.5 Å². The smallest absolute Gasteiger partial charge is 0.269 e. The summed E-state index contributed by atoms with van der Waals surface area (Å²) in [5.41, 5.74) is 0.872. The topological polar surface area (TPSA) is 113 Å². The van der Waals surface area contributed by atoms with Crippen LogP contribution in [-0.2, 0) is 0 Å². The summed E-state index contributed by atoms with van der Waals surface area (Å²) in [6.07, 6.45) is 4.28. The van der Waals surface area contributed by atoms with Crippen LogP contribution >= 0.6 is 81.2 Å². The molecule has 0 unspecified atom stereocenters. The Balaban J connectivity index is 0.000000142. The average molecular weight is 693 g/mol. The van der Waals surface area contributed by atoms with E-state index in [1.165, 1.54) is 30.6 Å². The summed E-state index contributed by atoms with van der Waals surface area (Å²) in [7, 11) is 0. The second-order valence-electron chi connectivity index (χ2n) is 8.11. The number of aromatic hydroxyl groups is 3. The molecule has 0 atom stereocenters. The molecule has 3 aromatic heterocycles. The van der Waals surface area contributed by atoms with Crippen molar-refractivity contribution in [3.8, 4) is 17.2 Å². The molecule has 6 rings (SSSR count). The van der Waals surface area contributed by atoms with Gasteiger partial charge in [0.25, 0.3) is 5.52 Å².